The molecule has 0 saturated carbocycles. The van der Waals surface area contributed by atoms with E-state index in [2.05, 4.69) is 37.1 Å². The van der Waals surface area contributed by atoms with Crippen molar-refractivity contribution in [2.24, 2.45) is 0 Å². The minimum Gasteiger partial charge on any atom is -0.475 e. The van der Waals surface area contributed by atoms with Crippen LogP contribution in [0, 0.1) is 0 Å². The third-order valence-corrected chi connectivity index (χ3v) is 3.31. The quantitative estimate of drug-likeness (QED) is 0.899. The van der Waals surface area contributed by atoms with E-state index in [1.165, 1.54) is 18.4 Å². The fourth-order valence-electron chi connectivity index (χ4n) is 2.09. The van der Waals surface area contributed by atoms with Gasteiger partial charge in [0.2, 0.25) is 5.88 Å². The molecule has 112 valence electrons. The predicted octanol–water partition coefficient (Wildman–Crippen LogP) is 2.92. The van der Waals surface area contributed by atoms with Crippen molar-refractivity contribution >= 4 is 0 Å². The maximum absolute atomic E-state index is 5.69. The average molecular weight is 278 g/mol. The predicted molar refractivity (Wildman–Crippen MR) is 79.9 cm³/mol. The molecule has 1 aliphatic heterocycles. The van der Waals surface area contributed by atoms with Crippen LogP contribution in [0.3, 0.4) is 0 Å². The van der Waals surface area contributed by atoms with Crippen molar-refractivity contribution in [1.82, 2.24) is 10.3 Å². The average Bonchev–Trinajstić information content (AvgIpc) is 2.44. The molecule has 1 aromatic rings. The number of hydrogen-bond acceptors (Lipinski definition) is 4. The van der Waals surface area contributed by atoms with Gasteiger partial charge in [-0.15, -0.1) is 0 Å². The number of aromatic nitrogens is 1. The Balaban J connectivity index is 1.76. The zero-order chi connectivity index (χ0) is 14.4. The Bertz CT molecular complexity index is 392. The van der Waals surface area contributed by atoms with Crippen LogP contribution in [-0.2, 0) is 11.3 Å². The maximum Gasteiger partial charge on any atom is 0.213 e. The minimum absolute atomic E-state index is 0.119. The fourth-order valence-corrected chi connectivity index (χ4v) is 2.09. The molecule has 4 nitrogen and oxygen atoms in total. The molecule has 1 aliphatic rings. The highest BCUT2D eigenvalue weighted by molar-refractivity contribution is 5.17. The maximum atomic E-state index is 5.69. The van der Waals surface area contributed by atoms with E-state index < -0.39 is 0 Å². The van der Waals surface area contributed by atoms with Crippen LogP contribution < -0.4 is 10.1 Å². The molecule has 0 aromatic carbocycles. The van der Waals surface area contributed by atoms with Gasteiger partial charge >= 0.3 is 0 Å². The number of nitrogens with zero attached hydrogens (tertiary/aromatic N) is 1. The van der Waals surface area contributed by atoms with Gasteiger partial charge in [0.05, 0.1) is 6.10 Å². The van der Waals surface area contributed by atoms with Gasteiger partial charge in [-0.05, 0) is 45.6 Å². The number of nitrogens with one attached hydrogen (secondary N) is 1. The van der Waals surface area contributed by atoms with E-state index in [-0.39, 0.29) is 11.6 Å². The zero-order valence-electron chi connectivity index (χ0n) is 12.8. The molecule has 2 heterocycles. The lowest BCUT2D eigenvalue weighted by Crippen LogP contribution is -2.35. The van der Waals surface area contributed by atoms with Crippen LogP contribution in [0.25, 0.3) is 0 Å². The number of ether oxygens (including phenoxy) is 2. The molecule has 1 atom stereocenters. The van der Waals surface area contributed by atoms with Crippen LogP contribution in [0.5, 0.6) is 5.88 Å². The van der Waals surface area contributed by atoms with E-state index in [1.54, 1.807) is 0 Å². The Hall–Kier alpha value is -1.13. The molecule has 0 bridgehead atoms. The number of rotatable bonds is 5. The normalized spacial score (nSPS) is 19.9. The molecule has 0 amide bonds. The van der Waals surface area contributed by atoms with Crippen molar-refractivity contribution in [2.45, 2.75) is 58.2 Å². The summed E-state index contributed by atoms with van der Waals surface area (Å²) in [5, 5.41) is 3.44. The zero-order valence-corrected chi connectivity index (χ0v) is 12.8. The highest BCUT2D eigenvalue weighted by Gasteiger charge is 2.14. The Labute approximate surface area is 121 Å². The van der Waals surface area contributed by atoms with Gasteiger partial charge in [-0.1, -0.05) is 6.07 Å². The molecule has 0 radical (unpaired) electrons. The highest BCUT2D eigenvalue weighted by Crippen LogP contribution is 2.15. The second kappa shape index (κ2) is 7.04. The second-order valence-electron chi connectivity index (χ2n) is 6.41. The summed E-state index contributed by atoms with van der Waals surface area (Å²) in [6.07, 6.45) is 5.60. The molecule has 4 heteroatoms. The molecule has 20 heavy (non-hydrogen) atoms. The monoisotopic (exact) mass is 278 g/mol. The van der Waals surface area contributed by atoms with E-state index in [0.29, 0.717) is 12.5 Å². The van der Waals surface area contributed by atoms with Gasteiger partial charge < -0.3 is 14.8 Å². The van der Waals surface area contributed by atoms with Gasteiger partial charge in [0, 0.05) is 31.0 Å². The lowest BCUT2D eigenvalue weighted by Gasteiger charge is -2.22. The summed E-state index contributed by atoms with van der Waals surface area (Å²) in [5.41, 5.74) is 1.29. The van der Waals surface area contributed by atoms with Crippen LogP contribution in [0.2, 0.25) is 0 Å². The van der Waals surface area contributed by atoms with Crippen LogP contribution in [0.1, 0.15) is 45.6 Å². The highest BCUT2D eigenvalue weighted by atomic mass is 16.5. The lowest BCUT2D eigenvalue weighted by molar-refractivity contribution is -0.0119. The molecule has 1 N–H and O–H groups in total. The van der Waals surface area contributed by atoms with Crippen molar-refractivity contribution in [3.63, 3.8) is 0 Å². The van der Waals surface area contributed by atoms with Gasteiger partial charge in [0.25, 0.3) is 0 Å². The first kappa shape index (κ1) is 15.3. The van der Waals surface area contributed by atoms with E-state index in [4.69, 9.17) is 9.47 Å². The first-order chi connectivity index (χ1) is 9.53. The molecular formula is C16H26N2O2. The van der Waals surface area contributed by atoms with Crippen LogP contribution in [-0.4, -0.2) is 29.8 Å². The molecule has 1 unspecified atom stereocenters. The Morgan fingerprint density at radius 1 is 1.35 bits per heavy atom. The summed E-state index contributed by atoms with van der Waals surface area (Å²) in [6, 6.07) is 3.99. The topological polar surface area (TPSA) is 43.4 Å². The molecule has 0 spiro atoms. The Morgan fingerprint density at radius 3 is 2.80 bits per heavy atom. The third kappa shape index (κ3) is 5.47. The molecule has 1 aromatic heterocycles. The summed E-state index contributed by atoms with van der Waals surface area (Å²) >= 11 is 0. The first-order valence-corrected chi connectivity index (χ1v) is 7.47. The molecule has 1 saturated heterocycles. The number of pyridine rings is 1. The Kier molecular flexibility index (Phi) is 5.38. The minimum atomic E-state index is 0.119. The van der Waals surface area contributed by atoms with E-state index in [1.807, 2.05) is 12.3 Å². The van der Waals surface area contributed by atoms with Crippen LogP contribution in [0.4, 0.5) is 0 Å². The molecular weight excluding hydrogens is 252 g/mol. The van der Waals surface area contributed by atoms with Crippen LogP contribution in [0.15, 0.2) is 18.3 Å². The lowest BCUT2D eigenvalue weighted by atomic mass is 10.1. The first-order valence-electron chi connectivity index (χ1n) is 7.47. The third-order valence-electron chi connectivity index (χ3n) is 3.31. The van der Waals surface area contributed by atoms with Crippen molar-refractivity contribution in [2.75, 3.05) is 13.2 Å². The van der Waals surface area contributed by atoms with Crippen molar-refractivity contribution in [1.29, 1.82) is 0 Å². The number of hydrogen-bond donors (Lipinski definition) is 1. The fraction of sp³-hybridized carbons (Fsp3) is 0.688. The summed E-state index contributed by atoms with van der Waals surface area (Å²) in [4.78, 5) is 4.35. The van der Waals surface area contributed by atoms with Crippen molar-refractivity contribution in [3.05, 3.63) is 23.9 Å². The van der Waals surface area contributed by atoms with Gasteiger partial charge in [0.15, 0.2) is 0 Å². The summed E-state index contributed by atoms with van der Waals surface area (Å²) < 4.78 is 11.3. The van der Waals surface area contributed by atoms with Gasteiger partial charge in [-0.3, -0.25) is 0 Å². The summed E-state index contributed by atoms with van der Waals surface area (Å²) in [7, 11) is 0. The SMILES string of the molecule is CC(C)(C)NCc1ccc(OCC2CCCCO2)nc1. The van der Waals surface area contributed by atoms with Crippen LogP contribution >= 0.6 is 0 Å². The molecule has 1 fully saturated rings. The largest absolute Gasteiger partial charge is 0.475 e. The van der Waals surface area contributed by atoms with Gasteiger partial charge in [-0.25, -0.2) is 4.98 Å². The second-order valence-corrected chi connectivity index (χ2v) is 6.41. The Morgan fingerprint density at radius 2 is 2.20 bits per heavy atom. The molecule has 0 aliphatic carbocycles. The van der Waals surface area contributed by atoms with E-state index >= 15 is 0 Å². The van der Waals surface area contributed by atoms with E-state index in [0.717, 1.165) is 19.6 Å². The smallest absolute Gasteiger partial charge is 0.213 e. The summed E-state index contributed by atoms with van der Waals surface area (Å²) in [5.74, 6) is 0.679. The molecule has 2 rings (SSSR count). The van der Waals surface area contributed by atoms with Gasteiger partial charge in [0.1, 0.15) is 6.61 Å². The standard InChI is InChI=1S/C16H26N2O2/c1-16(2,3)18-11-13-7-8-15(17-10-13)20-12-14-6-4-5-9-19-14/h7-8,10,14,18H,4-6,9,11-12H2,1-3H3. The van der Waals surface area contributed by atoms with Crippen molar-refractivity contribution < 1.29 is 9.47 Å². The van der Waals surface area contributed by atoms with E-state index in [9.17, 15) is 0 Å². The van der Waals surface area contributed by atoms with Gasteiger partial charge in [-0.2, -0.15) is 0 Å². The summed E-state index contributed by atoms with van der Waals surface area (Å²) in [6.45, 7) is 8.75. The van der Waals surface area contributed by atoms with Crippen molar-refractivity contribution in [3.8, 4) is 5.88 Å².